The number of hydrogen-bond acceptors (Lipinski definition) is 4. The van der Waals surface area contributed by atoms with E-state index in [0.29, 0.717) is 5.03 Å². The van der Waals surface area contributed by atoms with Crippen molar-refractivity contribution in [2.75, 3.05) is 10.2 Å². The van der Waals surface area contributed by atoms with E-state index in [1.807, 2.05) is 63.2 Å². The fourth-order valence-corrected chi connectivity index (χ4v) is 4.49. The molecule has 0 saturated heterocycles. The average molecular weight is 438 g/mol. The Balaban J connectivity index is 0.00000155. The number of anilines is 2. The molecule has 0 fully saturated rings. The molecule has 2 aromatic heterocycles. The number of thiophene rings is 1. The Bertz CT molecular complexity index is 1060. The minimum Gasteiger partial charge on any atom is -0.341 e. The van der Waals surface area contributed by atoms with Crippen molar-refractivity contribution in [3.05, 3.63) is 94.7 Å². The number of nitrogens with zero attached hydrogens (tertiary/aromatic N) is 2. The number of hydrogen-bond donors (Lipinski definition) is 1. The van der Waals surface area contributed by atoms with Crippen LogP contribution in [0.4, 0.5) is 11.4 Å². The molecule has 2 aromatic rings. The highest BCUT2D eigenvalue weighted by Crippen LogP contribution is 2.46. The molecule has 3 nitrogen and oxygen atoms in total. The van der Waals surface area contributed by atoms with Crippen LogP contribution in [0.1, 0.15) is 41.7 Å². The minimum absolute atomic E-state index is 0.470. The first-order valence-corrected chi connectivity index (χ1v) is 10.9. The molecule has 5 heteroatoms. The van der Waals surface area contributed by atoms with Crippen molar-refractivity contribution in [2.45, 2.75) is 27.7 Å². The smallest absolute Gasteiger partial charge is 0.108 e. The molecule has 3 heterocycles. The molecule has 0 spiro atoms. The Labute approximate surface area is 189 Å². The predicted octanol–water partition coefficient (Wildman–Crippen LogP) is 8.21. The van der Waals surface area contributed by atoms with E-state index in [1.165, 1.54) is 0 Å². The minimum atomic E-state index is 0.470. The number of pyridine rings is 1. The molecule has 0 radical (unpaired) electrons. The van der Waals surface area contributed by atoms with Gasteiger partial charge in [0, 0.05) is 27.2 Å². The van der Waals surface area contributed by atoms with E-state index in [2.05, 4.69) is 42.7 Å². The van der Waals surface area contributed by atoms with Gasteiger partial charge in [0.1, 0.15) is 5.82 Å². The lowest BCUT2D eigenvalue weighted by atomic mass is 10.1. The lowest BCUT2D eigenvalue weighted by Crippen LogP contribution is -2.29. The Hall–Kier alpha value is -2.82. The molecule has 1 N–H and O–H groups in total. The number of aryl methyl sites for hydroxylation is 1. The van der Waals surface area contributed by atoms with Crippen molar-refractivity contribution in [1.29, 1.82) is 0 Å². The van der Waals surface area contributed by atoms with Gasteiger partial charge in [-0.3, -0.25) is 9.88 Å². The zero-order chi connectivity index (χ0) is 22.4. The summed E-state index contributed by atoms with van der Waals surface area (Å²) in [6.07, 6.45) is 11.3. The van der Waals surface area contributed by atoms with Crippen molar-refractivity contribution >= 4 is 51.7 Å². The van der Waals surface area contributed by atoms with Gasteiger partial charge < -0.3 is 5.32 Å². The molecular weight excluding hydrogens is 410 g/mol. The predicted molar refractivity (Wildman–Crippen MR) is 137 cm³/mol. The first kappa shape index (κ1) is 23.5. The monoisotopic (exact) mass is 437 g/mol. The van der Waals surface area contributed by atoms with Gasteiger partial charge in [0.2, 0.25) is 0 Å². The summed E-state index contributed by atoms with van der Waals surface area (Å²) < 4.78 is 0. The molecular formula is C25H28ClN3S. The lowest BCUT2D eigenvalue weighted by Gasteiger charge is -2.34. The van der Waals surface area contributed by atoms with Crippen LogP contribution >= 0.6 is 22.9 Å². The molecule has 0 saturated carbocycles. The van der Waals surface area contributed by atoms with Crippen molar-refractivity contribution < 1.29 is 0 Å². The Morgan fingerprint density at radius 3 is 2.57 bits per heavy atom. The Kier molecular flexibility index (Phi) is 8.04. The van der Waals surface area contributed by atoms with Crippen molar-refractivity contribution in [2.24, 2.45) is 0 Å². The van der Waals surface area contributed by atoms with Crippen LogP contribution in [0.25, 0.3) is 17.3 Å². The van der Waals surface area contributed by atoms with Crippen molar-refractivity contribution in [1.82, 2.24) is 4.98 Å². The standard InChI is InChI=1S/C23H22ClN3S.C2H6/c1-7-9-18-14(3)12-25-13-21(18)27-16(5)23-20(26-17(27)6)11-22(28-23)19(10-8-2)15(4)24;1-2/h7-13,26H,2,4-6H2,1,3H3;1-2H3/b9-7-,19-10+;. The van der Waals surface area contributed by atoms with Crippen LogP contribution in [0.2, 0.25) is 0 Å². The van der Waals surface area contributed by atoms with Crippen LogP contribution in [0.15, 0.2) is 73.9 Å². The fraction of sp³-hybridized carbons (Fsp3) is 0.160. The zero-order valence-corrected chi connectivity index (χ0v) is 19.6. The molecule has 3 rings (SSSR count). The van der Waals surface area contributed by atoms with Crippen LogP contribution in [-0.2, 0) is 0 Å². The van der Waals surface area contributed by atoms with E-state index >= 15 is 0 Å². The molecule has 0 unspecified atom stereocenters. The second-order valence-electron chi connectivity index (χ2n) is 6.32. The number of rotatable bonds is 5. The molecule has 156 valence electrons. The third-order valence-electron chi connectivity index (χ3n) is 4.40. The highest BCUT2D eigenvalue weighted by molar-refractivity contribution is 7.15. The second-order valence-corrected chi connectivity index (χ2v) is 7.83. The van der Waals surface area contributed by atoms with Crippen LogP contribution in [-0.4, -0.2) is 4.98 Å². The quantitative estimate of drug-likeness (QED) is 0.477. The molecule has 0 amide bonds. The van der Waals surface area contributed by atoms with E-state index in [4.69, 9.17) is 11.6 Å². The van der Waals surface area contributed by atoms with Crippen molar-refractivity contribution in [3.8, 4) is 0 Å². The molecule has 0 atom stereocenters. The molecule has 0 bridgehead atoms. The van der Waals surface area contributed by atoms with Crippen LogP contribution in [0.5, 0.6) is 0 Å². The number of halogens is 1. The average Bonchev–Trinajstić information content (AvgIpc) is 3.13. The lowest BCUT2D eigenvalue weighted by molar-refractivity contribution is 1.13. The summed E-state index contributed by atoms with van der Waals surface area (Å²) in [5, 5.41) is 3.86. The largest absolute Gasteiger partial charge is 0.341 e. The Morgan fingerprint density at radius 1 is 1.27 bits per heavy atom. The summed E-state index contributed by atoms with van der Waals surface area (Å²) in [6, 6.07) is 2.04. The molecule has 0 aliphatic carbocycles. The van der Waals surface area contributed by atoms with Gasteiger partial charge in [-0.1, -0.05) is 76.1 Å². The van der Waals surface area contributed by atoms with Gasteiger partial charge in [-0.2, -0.15) is 0 Å². The van der Waals surface area contributed by atoms with Gasteiger partial charge >= 0.3 is 0 Å². The summed E-state index contributed by atoms with van der Waals surface area (Å²) in [5.74, 6) is 0.721. The maximum atomic E-state index is 6.19. The van der Waals surface area contributed by atoms with Gasteiger partial charge in [0.25, 0.3) is 0 Å². The highest BCUT2D eigenvalue weighted by Gasteiger charge is 2.28. The second kappa shape index (κ2) is 10.3. The topological polar surface area (TPSA) is 28.2 Å². The molecule has 1 aliphatic rings. The first-order valence-electron chi connectivity index (χ1n) is 9.73. The van der Waals surface area contributed by atoms with E-state index < -0.39 is 0 Å². The van der Waals surface area contributed by atoms with Gasteiger partial charge in [0.15, 0.2) is 0 Å². The van der Waals surface area contributed by atoms with Crippen LogP contribution in [0.3, 0.4) is 0 Å². The van der Waals surface area contributed by atoms with Gasteiger partial charge in [0.05, 0.1) is 28.1 Å². The van der Waals surface area contributed by atoms with E-state index in [-0.39, 0.29) is 0 Å². The van der Waals surface area contributed by atoms with Gasteiger partial charge in [-0.05, 0) is 25.5 Å². The van der Waals surface area contributed by atoms with E-state index in [0.717, 1.165) is 49.3 Å². The highest BCUT2D eigenvalue weighted by atomic mass is 35.5. The fourth-order valence-electron chi connectivity index (χ4n) is 3.14. The first-order chi connectivity index (χ1) is 14.4. The van der Waals surface area contributed by atoms with E-state index in [1.54, 1.807) is 17.4 Å². The maximum absolute atomic E-state index is 6.19. The van der Waals surface area contributed by atoms with Gasteiger partial charge in [-0.15, -0.1) is 11.3 Å². The third kappa shape index (κ3) is 4.50. The summed E-state index contributed by atoms with van der Waals surface area (Å²) in [6.45, 7) is 24.2. The number of nitrogens with one attached hydrogen (secondary N) is 1. The summed E-state index contributed by atoms with van der Waals surface area (Å²) in [5.41, 5.74) is 5.74. The normalized spacial score (nSPS) is 13.5. The zero-order valence-electron chi connectivity index (χ0n) is 18.1. The maximum Gasteiger partial charge on any atom is 0.108 e. The molecule has 30 heavy (non-hydrogen) atoms. The van der Waals surface area contributed by atoms with Crippen molar-refractivity contribution in [3.63, 3.8) is 0 Å². The summed E-state index contributed by atoms with van der Waals surface area (Å²) in [7, 11) is 0. The van der Waals surface area contributed by atoms with Gasteiger partial charge in [-0.25, -0.2) is 0 Å². The van der Waals surface area contributed by atoms with Crippen LogP contribution < -0.4 is 10.2 Å². The molecule has 0 aromatic carbocycles. The summed E-state index contributed by atoms with van der Waals surface area (Å²) in [4.78, 5) is 8.39. The number of aromatic nitrogens is 1. The number of fused-ring (bicyclic) bond motifs is 1. The third-order valence-corrected chi connectivity index (χ3v) is 5.82. The summed E-state index contributed by atoms with van der Waals surface area (Å²) >= 11 is 7.79. The Morgan fingerprint density at radius 2 is 1.97 bits per heavy atom. The van der Waals surface area contributed by atoms with E-state index in [9.17, 15) is 0 Å². The number of allylic oxidation sites excluding steroid dienone is 5. The SMILES string of the molecule is C=C/C=C(\C(=C)Cl)c1cc2c(s1)C(=C)N(c1cncc(C)c1/C=C\C)C(=C)N2.CC. The molecule has 1 aliphatic heterocycles. The van der Waals surface area contributed by atoms with Crippen LogP contribution in [0, 0.1) is 6.92 Å².